The molecule has 3 aromatic rings. The maximum atomic E-state index is 12.5. The van der Waals surface area contributed by atoms with Gasteiger partial charge >= 0.3 is 0 Å². The van der Waals surface area contributed by atoms with E-state index in [-0.39, 0.29) is 10.8 Å². The van der Waals surface area contributed by atoms with Crippen molar-refractivity contribution in [3.05, 3.63) is 59.8 Å². The van der Waals surface area contributed by atoms with Crippen LogP contribution in [0.2, 0.25) is 0 Å². The molecule has 0 aliphatic rings. The molecule has 0 radical (unpaired) electrons. The summed E-state index contributed by atoms with van der Waals surface area (Å²) < 4.78 is 37.9. The summed E-state index contributed by atoms with van der Waals surface area (Å²) in [6, 6.07) is 13.6. The summed E-state index contributed by atoms with van der Waals surface area (Å²) >= 11 is 5.31. The Balaban J connectivity index is 1.62. The molecule has 0 aliphatic carbocycles. The van der Waals surface area contributed by atoms with Gasteiger partial charge in [0.25, 0.3) is 10.0 Å². The zero-order valence-corrected chi connectivity index (χ0v) is 18.4. The molecule has 0 amide bonds. The molecule has 1 aromatic heterocycles. The molecule has 1 heterocycles. The Kier molecular flexibility index (Phi) is 6.58. The molecule has 0 spiro atoms. The van der Waals surface area contributed by atoms with Gasteiger partial charge in [-0.05, 0) is 81.5 Å². The first-order valence-corrected chi connectivity index (χ1v) is 11.0. The first kappa shape index (κ1) is 21.6. The monoisotopic (exact) mass is 446 g/mol. The number of rotatable bonds is 7. The summed E-state index contributed by atoms with van der Waals surface area (Å²) in [6.07, 6.45) is 0. The van der Waals surface area contributed by atoms with Crippen LogP contribution in [0.3, 0.4) is 0 Å². The number of thiocarbonyl (C=S) groups is 1. The standard InChI is InChI=1S/C20H22N4O4S2/c1-4-27-17-9-5-15(6-10-17)21-20(29)22-16-7-11-18(12-8-16)30(25,26)24-19-13(2)14(3)23-28-19/h5-12,24H,4H2,1-3H3,(H2,21,22,29). The number of anilines is 3. The fourth-order valence-corrected chi connectivity index (χ4v) is 3.79. The molecule has 30 heavy (non-hydrogen) atoms. The summed E-state index contributed by atoms with van der Waals surface area (Å²) in [5.74, 6) is 0.887. The highest BCUT2D eigenvalue weighted by Gasteiger charge is 2.19. The molecular weight excluding hydrogens is 424 g/mol. The molecule has 158 valence electrons. The van der Waals surface area contributed by atoms with Gasteiger partial charge in [-0.3, -0.25) is 0 Å². The summed E-state index contributed by atoms with van der Waals surface area (Å²) in [7, 11) is -3.80. The van der Waals surface area contributed by atoms with E-state index in [1.807, 2.05) is 31.2 Å². The lowest BCUT2D eigenvalue weighted by Crippen LogP contribution is -2.19. The van der Waals surface area contributed by atoms with Crippen LogP contribution in [0.25, 0.3) is 0 Å². The molecule has 3 rings (SSSR count). The van der Waals surface area contributed by atoms with Crippen LogP contribution in [0.4, 0.5) is 17.3 Å². The van der Waals surface area contributed by atoms with Crippen LogP contribution < -0.4 is 20.1 Å². The highest BCUT2D eigenvalue weighted by molar-refractivity contribution is 7.92. The summed E-state index contributed by atoms with van der Waals surface area (Å²) in [5, 5.41) is 10.2. The Hall–Kier alpha value is -3.11. The third kappa shape index (κ3) is 5.28. The van der Waals surface area contributed by atoms with Gasteiger partial charge in [0.05, 0.1) is 17.2 Å². The third-order valence-electron chi connectivity index (χ3n) is 4.23. The minimum atomic E-state index is -3.80. The van der Waals surface area contributed by atoms with Gasteiger partial charge in [0.2, 0.25) is 5.88 Å². The van der Waals surface area contributed by atoms with Gasteiger partial charge in [-0.15, -0.1) is 0 Å². The van der Waals surface area contributed by atoms with Gasteiger partial charge in [0.15, 0.2) is 5.11 Å². The van der Waals surface area contributed by atoms with Crippen molar-refractivity contribution in [1.82, 2.24) is 5.16 Å². The SMILES string of the molecule is CCOc1ccc(NC(=S)Nc2ccc(S(=O)(=O)Nc3onc(C)c3C)cc2)cc1. The molecule has 0 bridgehead atoms. The summed E-state index contributed by atoms with van der Waals surface area (Å²) in [6.45, 7) is 6.00. The summed E-state index contributed by atoms with van der Waals surface area (Å²) in [5.41, 5.74) is 2.71. The van der Waals surface area contributed by atoms with Crippen LogP contribution in [0.1, 0.15) is 18.2 Å². The van der Waals surface area contributed by atoms with Crippen molar-refractivity contribution in [2.24, 2.45) is 0 Å². The minimum absolute atomic E-state index is 0.0897. The topological polar surface area (TPSA) is 105 Å². The maximum Gasteiger partial charge on any atom is 0.264 e. The van der Waals surface area contributed by atoms with Gasteiger partial charge in [-0.1, -0.05) is 5.16 Å². The zero-order chi connectivity index (χ0) is 21.7. The number of aromatic nitrogens is 1. The van der Waals surface area contributed by atoms with E-state index < -0.39 is 10.0 Å². The molecule has 0 saturated heterocycles. The van der Waals surface area contributed by atoms with Crippen LogP contribution in [0, 0.1) is 13.8 Å². The van der Waals surface area contributed by atoms with Crippen LogP contribution in [-0.4, -0.2) is 25.3 Å². The quantitative estimate of drug-likeness (QED) is 0.461. The van der Waals surface area contributed by atoms with Crippen LogP contribution in [-0.2, 0) is 10.0 Å². The highest BCUT2D eigenvalue weighted by Crippen LogP contribution is 2.23. The molecule has 2 aromatic carbocycles. The van der Waals surface area contributed by atoms with Crippen molar-refractivity contribution in [2.75, 3.05) is 22.0 Å². The Morgan fingerprint density at radius 3 is 2.10 bits per heavy atom. The average Bonchev–Trinajstić information content (AvgIpc) is 3.02. The third-order valence-corrected chi connectivity index (χ3v) is 5.78. The number of hydrogen-bond acceptors (Lipinski definition) is 6. The molecular formula is C20H22N4O4S2. The molecule has 0 saturated carbocycles. The Labute approximate surface area is 180 Å². The second-order valence-electron chi connectivity index (χ2n) is 6.39. The first-order valence-electron chi connectivity index (χ1n) is 9.15. The molecule has 8 nitrogen and oxygen atoms in total. The second-order valence-corrected chi connectivity index (χ2v) is 8.48. The lowest BCUT2D eigenvalue weighted by molar-refractivity contribution is 0.340. The Morgan fingerprint density at radius 2 is 1.60 bits per heavy atom. The van der Waals surface area contributed by atoms with E-state index in [9.17, 15) is 8.42 Å². The number of sulfonamides is 1. The predicted octanol–water partition coefficient (Wildman–Crippen LogP) is 4.30. The number of hydrogen-bond donors (Lipinski definition) is 3. The van der Waals surface area contributed by atoms with Crippen molar-refractivity contribution in [1.29, 1.82) is 0 Å². The zero-order valence-electron chi connectivity index (χ0n) is 16.7. The van der Waals surface area contributed by atoms with Gasteiger partial charge in [-0.2, -0.15) is 0 Å². The van der Waals surface area contributed by atoms with Crippen LogP contribution in [0.15, 0.2) is 57.9 Å². The molecule has 10 heteroatoms. The van der Waals surface area contributed by atoms with Gasteiger partial charge < -0.3 is 19.9 Å². The highest BCUT2D eigenvalue weighted by atomic mass is 32.2. The number of benzene rings is 2. The summed E-state index contributed by atoms with van der Waals surface area (Å²) in [4.78, 5) is 0.0897. The van der Waals surface area contributed by atoms with E-state index in [2.05, 4.69) is 20.5 Å². The number of ether oxygens (including phenoxy) is 1. The van der Waals surface area contributed by atoms with Crippen molar-refractivity contribution in [3.63, 3.8) is 0 Å². The van der Waals surface area contributed by atoms with Crippen LogP contribution in [0.5, 0.6) is 5.75 Å². The number of nitrogens with zero attached hydrogens (tertiary/aromatic N) is 1. The minimum Gasteiger partial charge on any atom is -0.494 e. The molecule has 3 N–H and O–H groups in total. The fraction of sp³-hybridized carbons (Fsp3) is 0.200. The predicted molar refractivity (Wildman–Crippen MR) is 121 cm³/mol. The molecule has 0 atom stereocenters. The van der Waals surface area contributed by atoms with E-state index in [0.717, 1.165) is 11.4 Å². The Bertz CT molecular complexity index is 1120. The van der Waals surface area contributed by atoms with Gasteiger partial charge in [-0.25, -0.2) is 13.1 Å². The van der Waals surface area contributed by atoms with Gasteiger partial charge in [0, 0.05) is 16.9 Å². The molecule has 0 aliphatic heterocycles. The van der Waals surface area contributed by atoms with Crippen molar-refractivity contribution < 1.29 is 17.7 Å². The number of nitrogens with one attached hydrogen (secondary N) is 3. The van der Waals surface area contributed by atoms with E-state index in [1.165, 1.54) is 12.1 Å². The lowest BCUT2D eigenvalue weighted by Gasteiger charge is -2.12. The average molecular weight is 447 g/mol. The molecule has 0 unspecified atom stereocenters. The van der Waals surface area contributed by atoms with E-state index in [4.69, 9.17) is 21.5 Å². The first-order chi connectivity index (χ1) is 14.3. The van der Waals surface area contributed by atoms with E-state index in [0.29, 0.717) is 28.7 Å². The van der Waals surface area contributed by atoms with E-state index in [1.54, 1.807) is 26.0 Å². The number of aryl methyl sites for hydroxylation is 1. The lowest BCUT2D eigenvalue weighted by atomic mass is 10.3. The van der Waals surface area contributed by atoms with Gasteiger partial charge in [0.1, 0.15) is 5.75 Å². The molecule has 0 fully saturated rings. The van der Waals surface area contributed by atoms with Crippen molar-refractivity contribution in [3.8, 4) is 5.75 Å². The largest absolute Gasteiger partial charge is 0.494 e. The van der Waals surface area contributed by atoms with Crippen molar-refractivity contribution in [2.45, 2.75) is 25.7 Å². The van der Waals surface area contributed by atoms with Crippen LogP contribution >= 0.6 is 12.2 Å². The Morgan fingerprint density at radius 1 is 1.03 bits per heavy atom. The smallest absolute Gasteiger partial charge is 0.264 e. The van der Waals surface area contributed by atoms with Crippen molar-refractivity contribution >= 4 is 44.6 Å². The second kappa shape index (κ2) is 9.14. The maximum absolute atomic E-state index is 12.5. The normalized spacial score (nSPS) is 11.0. The fourth-order valence-electron chi connectivity index (χ4n) is 2.50. The van der Waals surface area contributed by atoms with E-state index >= 15 is 0 Å².